The summed E-state index contributed by atoms with van der Waals surface area (Å²) in [6, 6.07) is 6.55. The first-order valence-corrected chi connectivity index (χ1v) is 7.51. The molecule has 1 aromatic carbocycles. The van der Waals surface area contributed by atoms with Gasteiger partial charge in [-0.3, -0.25) is 0 Å². The Hall–Kier alpha value is -1.06. The number of nitrogens with one attached hydrogen (secondary N) is 1. The molecule has 0 saturated carbocycles. The molecule has 0 bridgehead atoms. The highest BCUT2D eigenvalue weighted by Gasteiger charge is 2.10. The third kappa shape index (κ3) is 4.22. The highest BCUT2D eigenvalue weighted by molar-refractivity contribution is 5.36. The molecule has 1 saturated heterocycles. The molecular weight excluding hydrogens is 236 g/mol. The van der Waals surface area contributed by atoms with Gasteiger partial charge in [-0.05, 0) is 43.0 Å². The van der Waals surface area contributed by atoms with Crippen molar-refractivity contribution >= 4 is 0 Å². The second-order valence-corrected chi connectivity index (χ2v) is 5.06. The lowest BCUT2D eigenvalue weighted by Crippen LogP contribution is -2.44. The SMILES string of the molecule is CCOc1ccc(CCN2CCNCC2)c(CC)c1. The van der Waals surface area contributed by atoms with Gasteiger partial charge in [-0.25, -0.2) is 0 Å². The zero-order valence-corrected chi connectivity index (χ0v) is 12.2. The molecule has 0 unspecified atom stereocenters. The van der Waals surface area contributed by atoms with E-state index in [-0.39, 0.29) is 0 Å². The van der Waals surface area contributed by atoms with Crippen molar-refractivity contribution in [3.63, 3.8) is 0 Å². The summed E-state index contributed by atoms with van der Waals surface area (Å²) in [5, 5.41) is 3.40. The zero-order valence-electron chi connectivity index (χ0n) is 12.2. The minimum absolute atomic E-state index is 0.739. The van der Waals surface area contributed by atoms with Gasteiger partial charge in [0.25, 0.3) is 0 Å². The molecule has 3 nitrogen and oxygen atoms in total. The van der Waals surface area contributed by atoms with Crippen LogP contribution in [-0.4, -0.2) is 44.2 Å². The molecule has 1 aromatic rings. The van der Waals surface area contributed by atoms with Gasteiger partial charge in [-0.2, -0.15) is 0 Å². The van der Waals surface area contributed by atoms with Gasteiger partial charge in [-0.15, -0.1) is 0 Å². The Bertz CT molecular complexity index is 386. The number of benzene rings is 1. The number of piperazine rings is 1. The van der Waals surface area contributed by atoms with Gasteiger partial charge >= 0.3 is 0 Å². The Morgan fingerprint density at radius 2 is 1.95 bits per heavy atom. The average Bonchev–Trinajstić information content (AvgIpc) is 2.47. The van der Waals surface area contributed by atoms with Crippen LogP contribution in [0.15, 0.2) is 18.2 Å². The van der Waals surface area contributed by atoms with Crippen molar-refractivity contribution in [1.82, 2.24) is 10.2 Å². The average molecular weight is 262 g/mol. The van der Waals surface area contributed by atoms with Gasteiger partial charge in [0.05, 0.1) is 6.61 Å². The standard InChI is InChI=1S/C16H26N2O/c1-3-14-13-16(19-4-2)6-5-15(14)7-10-18-11-8-17-9-12-18/h5-6,13,17H,3-4,7-12H2,1-2H3. The van der Waals surface area contributed by atoms with Gasteiger partial charge in [-0.1, -0.05) is 13.0 Å². The lowest BCUT2D eigenvalue weighted by atomic mass is 10.0. The molecule has 0 spiro atoms. The maximum Gasteiger partial charge on any atom is 0.119 e. The van der Waals surface area contributed by atoms with Crippen LogP contribution >= 0.6 is 0 Å². The van der Waals surface area contributed by atoms with E-state index in [1.807, 2.05) is 6.92 Å². The van der Waals surface area contributed by atoms with Crippen molar-refractivity contribution in [2.24, 2.45) is 0 Å². The van der Waals surface area contributed by atoms with Crippen molar-refractivity contribution in [3.05, 3.63) is 29.3 Å². The van der Waals surface area contributed by atoms with Crippen LogP contribution in [-0.2, 0) is 12.8 Å². The van der Waals surface area contributed by atoms with Crippen LogP contribution in [0.1, 0.15) is 25.0 Å². The summed E-state index contributed by atoms with van der Waals surface area (Å²) in [6.07, 6.45) is 2.23. The number of aryl methyl sites for hydroxylation is 1. The normalized spacial score (nSPS) is 16.5. The first-order valence-electron chi connectivity index (χ1n) is 7.51. The quantitative estimate of drug-likeness (QED) is 0.849. The number of rotatable bonds is 6. The predicted molar refractivity (Wildman–Crippen MR) is 80.0 cm³/mol. The highest BCUT2D eigenvalue weighted by atomic mass is 16.5. The monoisotopic (exact) mass is 262 g/mol. The highest BCUT2D eigenvalue weighted by Crippen LogP contribution is 2.19. The lowest BCUT2D eigenvalue weighted by molar-refractivity contribution is 0.243. The minimum Gasteiger partial charge on any atom is -0.494 e. The summed E-state index contributed by atoms with van der Waals surface area (Å²) in [7, 11) is 0. The molecule has 1 aliphatic heterocycles. The van der Waals surface area contributed by atoms with Gasteiger partial charge < -0.3 is 15.0 Å². The van der Waals surface area contributed by atoms with E-state index in [2.05, 4.69) is 35.3 Å². The van der Waals surface area contributed by atoms with Crippen molar-refractivity contribution in [2.45, 2.75) is 26.7 Å². The number of hydrogen-bond donors (Lipinski definition) is 1. The molecule has 0 atom stereocenters. The van der Waals surface area contributed by atoms with Crippen LogP contribution < -0.4 is 10.1 Å². The fraction of sp³-hybridized carbons (Fsp3) is 0.625. The summed E-state index contributed by atoms with van der Waals surface area (Å²) in [5.74, 6) is 1.00. The van der Waals surface area contributed by atoms with E-state index in [9.17, 15) is 0 Å². The molecule has 1 aliphatic rings. The Kier molecular flexibility index (Phi) is 5.67. The fourth-order valence-electron chi connectivity index (χ4n) is 2.65. The number of hydrogen-bond acceptors (Lipinski definition) is 3. The van der Waals surface area contributed by atoms with Crippen LogP contribution in [0.25, 0.3) is 0 Å². The largest absolute Gasteiger partial charge is 0.494 e. The molecule has 0 amide bonds. The van der Waals surface area contributed by atoms with E-state index in [0.29, 0.717) is 0 Å². The maximum absolute atomic E-state index is 5.58. The van der Waals surface area contributed by atoms with Gasteiger partial charge in [0.2, 0.25) is 0 Å². The molecule has 0 radical (unpaired) electrons. The van der Waals surface area contributed by atoms with Crippen molar-refractivity contribution in [1.29, 1.82) is 0 Å². The molecule has 2 rings (SSSR count). The summed E-state index contributed by atoms with van der Waals surface area (Å²) in [4.78, 5) is 2.55. The summed E-state index contributed by atoms with van der Waals surface area (Å²) < 4.78 is 5.58. The van der Waals surface area contributed by atoms with Gasteiger partial charge in [0, 0.05) is 32.7 Å². The molecule has 1 fully saturated rings. The van der Waals surface area contributed by atoms with Crippen molar-refractivity contribution < 1.29 is 4.74 Å². The zero-order chi connectivity index (χ0) is 13.5. The number of ether oxygens (including phenoxy) is 1. The predicted octanol–water partition coefficient (Wildman–Crippen LogP) is 2.10. The molecule has 19 heavy (non-hydrogen) atoms. The van der Waals surface area contributed by atoms with E-state index in [0.717, 1.165) is 38.3 Å². The third-order valence-electron chi connectivity index (χ3n) is 3.78. The summed E-state index contributed by atoms with van der Waals surface area (Å²) in [6.45, 7) is 10.8. The van der Waals surface area contributed by atoms with E-state index >= 15 is 0 Å². The van der Waals surface area contributed by atoms with E-state index < -0.39 is 0 Å². The van der Waals surface area contributed by atoms with Crippen LogP contribution in [0.2, 0.25) is 0 Å². The van der Waals surface area contributed by atoms with Gasteiger partial charge in [0.1, 0.15) is 5.75 Å². The third-order valence-corrected chi connectivity index (χ3v) is 3.78. The Morgan fingerprint density at radius 1 is 1.16 bits per heavy atom. The fourth-order valence-corrected chi connectivity index (χ4v) is 2.65. The Labute approximate surface area is 116 Å². The van der Waals surface area contributed by atoms with E-state index in [1.165, 1.54) is 30.8 Å². The lowest BCUT2D eigenvalue weighted by Gasteiger charge is -2.27. The number of nitrogens with zero attached hydrogens (tertiary/aromatic N) is 1. The summed E-state index contributed by atoms with van der Waals surface area (Å²) >= 11 is 0. The van der Waals surface area contributed by atoms with Crippen LogP contribution in [0, 0.1) is 0 Å². The van der Waals surface area contributed by atoms with Crippen molar-refractivity contribution in [3.8, 4) is 5.75 Å². The molecule has 1 heterocycles. The first-order chi connectivity index (χ1) is 9.33. The van der Waals surface area contributed by atoms with E-state index in [4.69, 9.17) is 4.74 Å². The maximum atomic E-state index is 5.58. The van der Waals surface area contributed by atoms with E-state index in [1.54, 1.807) is 0 Å². The second-order valence-electron chi connectivity index (χ2n) is 5.06. The smallest absolute Gasteiger partial charge is 0.119 e. The topological polar surface area (TPSA) is 24.5 Å². The summed E-state index contributed by atoms with van der Waals surface area (Å²) in [5.41, 5.74) is 2.91. The van der Waals surface area contributed by atoms with Crippen LogP contribution in [0.5, 0.6) is 5.75 Å². The molecule has 0 aromatic heterocycles. The Morgan fingerprint density at radius 3 is 2.63 bits per heavy atom. The van der Waals surface area contributed by atoms with Crippen LogP contribution in [0.3, 0.4) is 0 Å². The molecule has 106 valence electrons. The second kappa shape index (κ2) is 7.51. The minimum atomic E-state index is 0.739. The van der Waals surface area contributed by atoms with Gasteiger partial charge in [0.15, 0.2) is 0 Å². The molecule has 1 N–H and O–H groups in total. The Balaban J connectivity index is 1.94. The van der Waals surface area contributed by atoms with Crippen molar-refractivity contribution in [2.75, 3.05) is 39.3 Å². The van der Waals surface area contributed by atoms with Crippen LogP contribution in [0.4, 0.5) is 0 Å². The molecule has 3 heteroatoms. The molecule has 0 aliphatic carbocycles. The molecular formula is C16H26N2O. The first kappa shape index (κ1) is 14.4.